The van der Waals surface area contributed by atoms with Gasteiger partial charge >= 0.3 is 0 Å². The molecule has 0 aliphatic rings. The molecule has 3 rings (SSSR count). The molecule has 0 amide bonds. The first-order valence-corrected chi connectivity index (χ1v) is 5.63. The number of fused-ring (bicyclic) bond motifs is 1. The molecule has 0 aliphatic heterocycles. The lowest BCUT2D eigenvalue weighted by Crippen LogP contribution is -1.90. The van der Waals surface area contributed by atoms with Crippen molar-refractivity contribution >= 4 is 10.9 Å². The molecule has 18 heavy (non-hydrogen) atoms. The Kier molecular flexibility index (Phi) is 2.48. The van der Waals surface area contributed by atoms with Crippen LogP contribution in [0.3, 0.4) is 0 Å². The molecule has 3 aromatic rings. The monoisotopic (exact) mass is 242 g/mol. The van der Waals surface area contributed by atoms with Gasteiger partial charge in [0.2, 0.25) is 0 Å². The van der Waals surface area contributed by atoms with Crippen LogP contribution in [-0.2, 0) is 6.42 Å². The molecular weight excluding hydrogens is 231 g/mol. The van der Waals surface area contributed by atoms with Gasteiger partial charge in [0.05, 0.1) is 16.6 Å². The lowest BCUT2D eigenvalue weighted by molar-refractivity contribution is 0.471. The number of hydrogen-bond donors (Lipinski definition) is 2. The van der Waals surface area contributed by atoms with Gasteiger partial charge < -0.3 is 5.11 Å². The Morgan fingerprint density at radius 3 is 2.72 bits per heavy atom. The average molecular weight is 242 g/mol. The zero-order chi connectivity index (χ0) is 12.5. The standard InChI is InChI=1S/C14H11FN2O/c15-11-7-10(18)8-13-14(11)12(16-17-13)6-9-4-2-1-3-5-9/h1-5,7-8,18H,6H2,(H,16,17). The summed E-state index contributed by atoms with van der Waals surface area (Å²) in [7, 11) is 0. The summed E-state index contributed by atoms with van der Waals surface area (Å²) in [5.41, 5.74) is 2.24. The van der Waals surface area contributed by atoms with Crippen LogP contribution >= 0.6 is 0 Å². The lowest BCUT2D eigenvalue weighted by atomic mass is 10.1. The Morgan fingerprint density at radius 1 is 1.17 bits per heavy atom. The Morgan fingerprint density at radius 2 is 1.94 bits per heavy atom. The highest BCUT2D eigenvalue weighted by atomic mass is 19.1. The van der Waals surface area contributed by atoms with Crippen LogP contribution in [0, 0.1) is 5.82 Å². The number of nitrogens with one attached hydrogen (secondary N) is 1. The Hall–Kier alpha value is -2.36. The molecule has 2 aromatic carbocycles. The predicted octanol–water partition coefficient (Wildman–Crippen LogP) is 3.00. The maximum atomic E-state index is 13.8. The number of hydrogen-bond acceptors (Lipinski definition) is 2. The van der Waals surface area contributed by atoms with E-state index >= 15 is 0 Å². The molecule has 0 atom stereocenters. The van der Waals surface area contributed by atoms with Gasteiger partial charge in [-0.25, -0.2) is 4.39 Å². The molecule has 2 N–H and O–H groups in total. The quantitative estimate of drug-likeness (QED) is 0.725. The maximum absolute atomic E-state index is 13.8. The Bertz CT molecular complexity index is 692. The molecule has 0 fully saturated rings. The van der Waals surface area contributed by atoms with E-state index in [1.54, 1.807) is 0 Å². The van der Waals surface area contributed by atoms with E-state index in [1.165, 1.54) is 6.07 Å². The van der Waals surface area contributed by atoms with Crippen LogP contribution in [0.4, 0.5) is 4.39 Å². The molecule has 0 bridgehead atoms. The number of phenolic OH excluding ortho intramolecular Hbond substituents is 1. The average Bonchev–Trinajstić information content (AvgIpc) is 2.73. The number of phenols is 1. The van der Waals surface area contributed by atoms with Gasteiger partial charge in [-0.2, -0.15) is 5.10 Å². The first-order valence-electron chi connectivity index (χ1n) is 5.63. The number of H-pyrrole nitrogens is 1. The van der Waals surface area contributed by atoms with E-state index in [2.05, 4.69) is 10.2 Å². The molecule has 1 heterocycles. The SMILES string of the molecule is Oc1cc(F)c2c(Cc3ccccc3)[nH]nc2c1. The van der Waals surface area contributed by atoms with E-state index in [1.807, 2.05) is 30.3 Å². The van der Waals surface area contributed by atoms with Gasteiger partial charge in [0.15, 0.2) is 0 Å². The van der Waals surface area contributed by atoms with Gasteiger partial charge in [-0.3, -0.25) is 5.10 Å². The largest absolute Gasteiger partial charge is 0.508 e. The minimum Gasteiger partial charge on any atom is -0.508 e. The molecule has 0 unspecified atom stereocenters. The van der Waals surface area contributed by atoms with Crippen LogP contribution in [0.15, 0.2) is 42.5 Å². The van der Waals surface area contributed by atoms with Gasteiger partial charge in [0.25, 0.3) is 0 Å². The number of aromatic nitrogens is 2. The van der Waals surface area contributed by atoms with E-state index in [0.717, 1.165) is 11.6 Å². The highest BCUT2D eigenvalue weighted by molar-refractivity contribution is 5.83. The molecule has 0 saturated heterocycles. The van der Waals surface area contributed by atoms with Crippen molar-refractivity contribution in [2.45, 2.75) is 6.42 Å². The smallest absolute Gasteiger partial charge is 0.138 e. The molecule has 0 saturated carbocycles. The number of rotatable bonds is 2. The fraction of sp³-hybridized carbons (Fsp3) is 0.0714. The summed E-state index contributed by atoms with van der Waals surface area (Å²) in [6.07, 6.45) is 0.582. The third-order valence-electron chi connectivity index (χ3n) is 2.89. The molecule has 0 spiro atoms. The van der Waals surface area contributed by atoms with E-state index in [-0.39, 0.29) is 5.75 Å². The van der Waals surface area contributed by atoms with Crippen LogP contribution in [0.5, 0.6) is 5.75 Å². The fourth-order valence-corrected chi connectivity index (χ4v) is 2.08. The van der Waals surface area contributed by atoms with Crippen molar-refractivity contribution in [3.8, 4) is 5.75 Å². The second-order valence-electron chi connectivity index (χ2n) is 4.19. The van der Waals surface area contributed by atoms with Crippen molar-refractivity contribution in [1.29, 1.82) is 0 Å². The number of aromatic hydroxyl groups is 1. The third kappa shape index (κ3) is 1.82. The molecule has 90 valence electrons. The van der Waals surface area contributed by atoms with Crippen molar-refractivity contribution in [3.05, 3.63) is 59.5 Å². The summed E-state index contributed by atoms with van der Waals surface area (Å²) in [5, 5.41) is 16.6. The zero-order valence-electron chi connectivity index (χ0n) is 9.52. The molecule has 0 aliphatic carbocycles. The van der Waals surface area contributed by atoms with Crippen LogP contribution in [0.2, 0.25) is 0 Å². The maximum Gasteiger partial charge on any atom is 0.138 e. The van der Waals surface area contributed by atoms with Crippen LogP contribution in [0.25, 0.3) is 10.9 Å². The normalized spacial score (nSPS) is 10.9. The van der Waals surface area contributed by atoms with E-state index in [0.29, 0.717) is 23.0 Å². The van der Waals surface area contributed by atoms with E-state index in [4.69, 9.17) is 0 Å². The van der Waals surface area contributed by atoms with Gasteiger partial charge in [-0.05, 0) is 5.56 Å². The second-order valence-corrected chi connectivity index (χ2v) is 4.19. The summed E-state index contributed by atoms with van der Waals surface area (Å²) in [6.45, 7) is 0. The molecule has 1 aromatic heterocycles. The van der Waals surface area contributed by atoms with Crippen LogP contribution < -0.4 is 0 Å². The topological polar surface area (TPSA) is 48.9 Å². The van der Waals surface area contributed by atoms with Crippen LogP contribution in [-0.4, -0.2) is 15.3 Å². The Balaban J connectivity index is 2.08. The van der Waals surface area contributed by atoms with Crippen molar-refractivity contribution in [2.24, 2.45) is 0 Å². The van der Waals surface area contributed by atoms with Gasteiger partial charge in [-0.1, -0.05) is 30.3 Å². The number of nitrogens with zero attached hydrogens (tertiary/aromatic N) is 1. The summed E-state index contributed by atoms with van der Waals surface area (Å²) >= 11 is 0. The summed E-state index contributed by atoms with van der Waals surface area (Å²) in [6, 6.07) is 12.3. The van der Waals surface area contributed by atoms with Gasteiger partial charge in [0, 0.05) is 18.6 Å². The molecule has 4 heteroatoms. The van der Waals surface area contributed by atoms with Gasteiger partial charge in [-0.15, -0.1) is 0 Å². The fourth-order valence-electron chi connectivity index (χ4n) is 2.08. The number of aromatic amines is 1. The van der Waals surface area contributed by atoms with Crippen molar-refractivity contribution in [3.63, 3.8) is 0 Å². The minimum absolute atomic E-state index is 0.113. The Labute approximate surface area is 103 Å². The van der Waals surface area contributed by atoms with E-state index in [9.17, 15) is 9.50 Å². The summed E-state index contributed by atoms with van der Waals surface area (Å²) < 4.78 is 13.8. The molecule has 0 radical (unpaired) electrons. The van der Waals surface area contributed by atoms with Crippen molar-refractivity contribution in [1.82, 2.24) is 10.2 Å². The van der Waals surface area contributed by atoms with Crippen LogP contribution in [0.1, 0.15) is 11.3 Å². The predicted molar refractivity (Wildman–Crippen MR) is 67.0 cm³/mol. The second kappa shape index (κ2) is 4.14. The molecular formula is C14H11FN2O. The van der Waals surface area contributed by atoms with Crippen molar-refractivity contribution < 1.29 is 9.50 Å². The number of benzene rings is 2. The van der Waals surface area contributed by atoms with Gasteiger partial charge in [0.1, 0.15) is 11.6 Å². The first-order chi connectivity index (χ1) is 8.74. The highest BCUT2D eigenvalue weighted by Crippen LogP contribution is 2.26. The lowest BCUT2D eigenvalue weighted by Gasteiger charge is -2.00. The zero-order valence-corrected chi connectivity index (χ0v) is 9.52. The first kappa shape index (κ1) is 10.8. The summed E-state index contributed by atoms with van der Waals surface area (Å²) in [4.78, 5) is 0. The van der Waals surface area contributed by atoms with Crippen molar-refractivity contribution in [2.75, 3.05) is 0 Å². The summed E-state index contributed by atoms with van der Waals surface area (Å²) in [5.74, 6) is -0.567. The number of halogens is 1. The highest BCUT2D eigenvalue weighted by Gasteiger charge is 2.12. The minimum atomic E-state index is -0.454. The molecule has 3 nitrogen and oxygen atoms in total. The van der Waals surface area contributed by atoms with E-state index < -0.39 is 5.82 Å². The third-order valence-corrected chi connectivity index (χ3v) is 2.89.